The molecule has 1 aliphatic carbocycles. The van der Waals surface area contributed by atoms with E-state index in [0.29, 0.717) is 37.1 Å². The van der Waals surface area contributed by atoms with Crippen molar-refractivity contribution >= 4 is 50.7 Å². The van der Waals surface area contributed by atoms with Gasteiger partial charge in [0.15, 0.2) is 0 Å². The molecule has 1 fully saturated rings. The van der Waals surface area contributed by atoms with Gasteiger partial charge in [0.2, 0.25) is 5.91 Å². The first-order valence-corrected chi connectivity index (χ1v) is 12.3. The van der Waals surface area contributed by atoms with E-state index in [-0.39, 0.29) is 6.10 Å². The van der Waals surface area contributed by atoms with E-state index in [1.807, 2.05) is 0 Å². The van der Waals surface area contributed by atoms with Gasteiger partial charge in [0, 0.05) is 5.02 Å². The Morgan fingerprint density at radius 2 is 2.00 bits per heavy atom. The first kappa shape index (κ1) is 24.2. The van der Waals surface area contributed by atoms with Crippen molar-refractivity contribution in [2.75, 3.05) is 12.4 Å². The van der Waals surface area contributed by atoms with Gasteiger partial charge in [-0.2, -0.15) is 0 Å². The summed E-state index contributed by atoms with van der Waals surface area (Å²) in [5.74, 6) is -0.411. The molecule has 180 valence electrons. The minimum Gasteiger partial charge on any atom is -0.495 e. The Balaban J connectivity index is 1.60. The zero-order chi connectivity index (χ0) is 24.4. The molecule has 1 atom stereocenters. The molecule has 0 bridgehead atoms. The lowest BCUT2D eigenvalue weighted by atomic mass is 9.98. The average molecular weight is 504 g/mol. The van der Waals surface area contributed by atoms with E-state index >= 15 is 0 Å². The number of carbonyl (C=O) groups is 2. The number of nitrogens with zero attached hydrogens (tertiary/aromatic N) is 2. The van der Waals surface area contributed by atoms with Crippen LogP contribution in [0.25, 0.3) is 10.2 Å². The molecule has 0 aliphatic heterocycles. The first-order valence-electron chi connectivity index (χ1n) is 11.2. The minimum atomic E-state index is -0.870. The number of aromatic nitrogens is 2. The van der Waals surface area contributed by atoms with E-state index in [2.05, 4.69) is 10.3 Å². The van der Waals surface area contributed by atoms with E-state index in [1.54, 1.807) is 32.0 Å². The molecule has 2 aromatic heterocycles. The third kappa shape index (κ3) is 4.81. The van der Waals surface area contributed by atoms with Crippen molar-refractivity contribution in [2.24, 2.45) is 0 Å². The highest BCUT2D eigenvalue weighted by molar-refractivity contribution is 7.20. The first-order chi connectivity index (χ1) is 16.3. The predicted molar refractivity (Wildman–Crippen MR) is 132 cm³/mol. The SMILES string of the molecule is COc1ccc(Cl)cc1NC(=O)C(C)n1cnc2sc(C(=O)OC3CCCCC3)c(C)c2c1=O. The van der Waals surface area contributed by atoms with E-state index in [9.17, 15) is 14.4 Å². The molecule has 1 aliphatic rings. The number of rotatable bonds is 6. The lowest BCUT2D eigenvalue weighted by Gasteiger charge is -2.21. The zero-order valence-electron chi connectivity index (χ0n) is 19.2. The molecular weight excluding hydrogens is 478 g/mol. The van der Waals surface area contributed by atoms with E-state index in [0.717, 1.165) is 43.4 Å². The molecule has 1 saturated carbocycles. The van der Waals surface area contributed by atoms with Gasteiger partial charge in [-0.15, -0.1) is 11.3 Å². The van der Waals surface area contributed by atoms with Crippen LogP contribution < -0.4 is 15.6 Å². The van der Waals surface area contributed by atoms with Crippen molar-refractivity contribution in [3.8, 4) is 5.75 Å². The fourth-order valence-electron chi connectivity index (χ4n) is 4.14. The van der Waals surface area contributed by atoms with Crippen LogP contribution in [0.15, 0.2) is 29.3 Å². The topological polar surface area (TPSA) is 99.5 Å². The number of esters is 1. The summed E-state index contributed by atoms with van der Waals surface area (Å²) in [5, 5.41) is 3.51. The quantitative estimate of drug-likeness (QED) is 0.469. The van der Waals surface area contributed by atoms with Gasteiger partial charge in [-0.25, -0.2) is 9.78 Å². The smallest absolute Gasteiger partial charge is 0.348 e. The number of ether oxygens (including phenoxy) is 2. The third-order valence-corrected chi connectivity index (χ3v) is 7.52. The Morgan fingerprint density at radius 3 is 2.71 bits per heavy atom. The molecule has 8 nitrogen and oxygen atoms in total. The monoisotopic (exact) mass is 503 g/mol. The van der Waals surface area contributed by atoms with Gasteiger partial charge in [0.1, 0.15) is 27.6 Å². The van der Waals surface area contributed by atoms with Gasteiger partial charge in [-0.1, -0.05) is 18.0 Å². The summed E-state index contributed by atoms with van der Waals surface area (Å²) < 4.78 is 12.2. The van der Waals surface area contributed by atoms with Crippen LogP contribution >= 0.6 is 22.9 Å². The number of hydrogen-bond donors (Lipinski definition) is 1. The number of methoxy groups -OCH3 is 1. The number of carbonyl (C=O) groups excluding carboxylic acids is 2. The summed E-state index contributed by atoms with van der Waals surface area (Å²) in [7, 11) is 1.49. The predicted octanol–water partition coefficient (Wildman–Crippen LogP) is 5.12. The highest BCUT2D eigenvalue weighted by Crippen LogP contribution is 2.31. The largest absolute Gasteiger partial charge is 0.495 e. The van der Waals surface area contributed by atoms with Crippen molar-refractivity contribution in [1.29, 1.82) is 0 Å². The number of aryl methyl sites for hydroxylation is 1. The second-order valence-electron chi connectivity index (χ2n) is 8.37. The van der Waals surface area contributed by atoms with Crippen LogP contribution in [0.1, 0.15) is 60.3 Å². The molecule has 34 heavy (non-hydrogen) atoms. The summed E-state index contributed by atoms with van der Waals surface area (Å²) in [5.41, 5.74) is 0.529. The number of nitrogens with one attached hydrogen (secondary N) is 1. The molecule has 1 amide bonds. The van der Waals surface area contributed by atoms with Crippen molar-refractivity contribution in [3.63, 3.8) is 0 Å². The molecule has 4 rings (SSSR count). The molecule has 0 spiro atoms. The average Bonchev–Trinajstić information content (AvgIpc) is 3.17. The Hall–Kier alpha value is -2.91. The lowest BCUT2D eigenvalue weighted by molar-refractivity contribution is -0.118. The number of benzene rings is 1. The highest BCUT2D eigenvalue weighted by atomic mass is 35.5. The molecule has 10 heteroatoms. The zero-order valence-corrected chi connectivity index (χ0v) is 20.8. The molecule has 1 N–H and O–H groups in total. The number of fused-ring (bicyclic) bond motifs is 1. The van der Waals surface area contributed by atoms with Gasteiger partial charge in [-0.3, -0.25) is 14.2 Å². The Labute approximate surface area is 205 Å². The van der Waals surface area contributed by atoms with Crippen molar-refractivity contribution in [2.45, 2.75) is 58.1 Å². The lowest BCUT2D eigenvalue weighted by Crippen LogP contribution is -2.32. The number of halogens is 1. The van der Waals surface area contributed by atoms with Crippen LogP contribution in [0.5, 0.6) is 5.75 Å². The van der Waals surface area contributed by atoms with Crippen LogP contribution in [-0.2, 0) is 9.53 Å². The third-order valence-electron chi connectivity index (χ3n) is 6.10. The molecule has 0 radical (unpaired) electrons. The summed E-state index contributed by atoms with van der Waals surface area (Å²) >= 11 is 7.18. The fourth-order valence-corrected chi connectivity index (χ4v) is 5.33. The molecule has 1 aromatic carbocycles. The van der Waals surface area contributed by atoms with E-state index in [4.69, 9.17) is 21.1 Å². The minimum absolute atomic E-state index is 0.0809. The van der Waals surface area contributed by atoms with Gasteiger partial charge < -0.3 is 14.8 Å². The van der Waals surface area contributed by atoms with Crippen LogP contribution in [0.2, 0.25) is 5.02 Å². The van der Waals surface area contributed by atoms with Crippen molar-refractivity contribution < 1.29 is 19.1 Å². The normalized spacial score (nSPS) is 15.2. The Bertz CT molecular complexity index is 1300. The summed E-state index contributed by atoms with van der Waals surface area (Å²) in [6, 6.07) is 4.00. The van der Waals surface area contributed by atoms with Crippen LogP contribution in [0.4, 0.5) is 5.69 Å². The van der Waals surface area contributed by atoms with Gasteiger partial charge in [-0.05, 0) is 63.3 Å². The number of anilines is 1. The summed E-state index contributed by atoms with van der Waals surface area (Å²) in [6.07, 6.45) is 6.25. The number of thiophene rings is 1. The second-order valence-corrected chi connectivity index (χ2v) is 9.80. The van der Waals surface area contributed by atoms with Gasteiger partial charge >= 0.3 is 5.97 Å². The van der Waals surface area contributed by atoms with Crippen molar-refractivity contribution in [1.82, 2.24) is 9.55 Å². The molecule has 0 saturated heterocycles. The standard InChI is InChI=1S/C24H26ClN3O5S/c1-13-19-22(34-20(13)24(31)33-16-7-5-4-6-8-16)26-12-28(23(19)30)14(2)21(29)27-17-11-15(25)9-10-18(17)32-3/h9-12,14,16H,4-8H2,1-3H3,(H,27,29). The molecule has 1 unspecified atom stereocenters. The Morgan fingerprint density at radius 1 is 1.26 bits per heavy atom. The number of amides is 1. The summed E-state index contributed by atoms with van der Waals surface area (Å²) in [6.45, 7) is 3.31. The highest BCUT2D eigenvalue weighted by Gasteiger charge is 2.26. The second kappa shape index (κ2) is 10.1. The van der Waals surface area contributed by atoms with Crippen LogP contribution in [0.3, 0.4) is 0 Å². The molecule has 2 heterocycles. The van der Waals surface area contributed by atoms with Crippen LogP contribution in [-0.4, -0.2) is 34.6 Å². The van der Waals surface area contributed by atoms with Gasteiger partial charge in [0.05, 0.1) is 24.5 Å². The van der Waals surface area contributed by atoms with Crippen LogP contribution in [0, 0.1) is 6.92 Å². The Kier molecular flexibility index (Phi) is 7.23. The van der Waals surface area contributed by atoms with Gasteiger partial charge in [0.25, 0.3) is 5.56 Å². The number of hydrogen-bond acceptors (Lipinski definition) is 7. The summed E-state index contributed by atoms with van der Waals surface area (Å²) in [4.78, 5) is 44.2. The molecular formula is C24H26ClN3O5S. The molecule has 3 aromatic rings. The fraction of sp³-hybridized carbons (Fsp3) is 0.417. The van der Waals surface area contributed by atoms with E-state index in [1.165, 1.54) is 18.0 Å². The maximum atomic E-state index is 13.3. The van der Waals surface area contributed by atoms with E-state index < -0.39 is 23.5 Å². The van der Waals surface area contributed by atoms with Crippen molar-refractivity contribution in [3.05, 3.63) is 50.3 Å². The maximum absolute atomic E-state index is 13.3. The maximum Gasteiger partial charge on any atom is 0.348 e.